The molecule has 2 heterocycles. The smallest absolute Gasteiger partial charge is 0.409 e. The van der Waals surface area contributed by atoms with Gasteiger partial charge in [-0.2, -0.15) is 0 Å². The molecule has 8 nitrogen and oxygen atoms in total. The summed E-state index contributed by atoms with van der Waals surface area (Å²) < 4.78 is 5.67. The van der Waals surface area contributed by atoms with Crippen LogP contribution in [0.2, 0.25) is 5.02 Å². The normalized spacial score (nSPS) is 20.9. The first kappa shape index (κ1) is 31.8. The predicted molar refractivity (Wildman–Crippen MR) is 170 cm³/mol. The summed E-state index contributed by atoms with van der Waals surface area (Å²) in [4.78, 5) is 45.6. The summed E-state index contributed by atoms with van der Waals surface area (Å²) in [6.07, 6.45) is 12.0. The molecule has 0 radical (unpaired) electrons. The SMILES string of the molecule is Cc1cccc(OC(=O)N2CCN(C(=O)[C@@H](CC3CCCCC3)NC3CCCCC3)[C@H](C(=O)NCc3cccs3)C2)c1Cl. The minimum atomic E-state index is -0.816. The van der Waals surface area contributed by atoms with Gasteiger partial charge in [-0.1, -0.05) is 81.2 Å². The van der Waals surface area contributed by atoms with Crippen LogP contribution in [0, 0.1) is 12.8 Å². The van der Waals surface area contributed by atoms with E-state index in [1.54, 1.807) is 28.4 Å². The van der Waals surface area contributed by atoms with Crippen molar-refractivity contribution in [3.05, 3.63) is 51.2 Å². The zero-order chi connectivity index (χ0) is 30.2. The van der Waals surface area contributed by atoms with E-state index in [-0.39, 0.29) is 43.2 Å². The Balaban J connectivity index is 1.33. The maximum Gasteiger partial charge on any atom is 0.415 e. The van der Waals surface area contributed by atoms with Crippen molar-refractivity contribution in [1.82, 2.24) is 20.4 Å². The Bertz CT molecular complexity index is 1210. The average molecular weight is 629 g/mol. The van der Waals surface area contributed by atoms with Gasteiger partial charge in [0.05, 0.1) is 24.2 Å². The molecule has 1 aliphatic heterocycles. The van der Waals surface area contributed by atoms with Crippen LogP contribution in [0.3, 0.4) is 0 Å². The predicted octanol–water partition coefficient (Wildman–Crippen LogP) is 6.30. The van der Waals surface area contributed by atoms with E-state index in [0.29, 0.717) is 23.5 Å². The highest BCUT2D eigenvalue weighted by molar-refractivity contribution is 7.09. The van der Waals surface area contributed by atoms with Gasteiger partial charge in [-0.3, -0.25) is 9.59 Å². The lowest BCUT2D eigenvalue weighted by molar-refractivity contribution is -0.145. The first-order chi connectivity index (χ1) is 20.9. The number of piperazine rings is 1. The molecule has 0 unspecified atom stereocenters. The van der Waals surface area contributed by atoms with Crippen LogP contribution in [0.15, 0.2) is 35.7 Å². The van der Waals surface area contributed by atoms with E-state index in [1.807, 2.05) is 30.5 Å². The molecule has 43 heavy (non-hydrogen) atoms. The summed E-state index contributed by atoms with van der Waals surface area (Å²) >= 11 is 7.96. The zero-order valence-electron chi connectivity index (χ0n) is 25.2. The average Bonchev–Trinajstić information content (AvgIpc) is 3.56. The summed E-state index contributed by atoms with van der Waals surface area (Å²) in [6.45, 7) is 2.83. The molecule has 2 aromatic rings. The molecular formula is C33H45ClN4O4S. The van der Waals surface area contributed by atoms with Crippen LogP contribution in [0.1, 0.15) is 81.1 Å². The van der Waals surface area contributed by atoms with Gasteiger partial charge in [0.2, 0.25) is 11.8 Å². The van der Waals surface area contributed by atoms with Crippen LogP contribution in [-0.2, 0) is 16.1 Å². The van der Waals surface area contributed by atoms with Crippen LogP contribution in [0.4, 0.5) is 4.79 Å². The van der Waals surface area contributed by atoms with Crippen molar-refractivity contribution in [3.63, 3.8) is 0 Å². The van der Waals surface area contributed by atoms with Crippen LogP contribution in [-0.4, -0.2) is 65.5 Å². The highest BCUT2D eigenvalue weighted by Gasteiger charge is 2.41. The number of hydrogen-bond acceptors (Lipinski definition) is 6. The highest BCUT2D eigenvalue weighted by Crippen LogP contribution is 2.30. The maximum atomic E-state index is 14.4. The Morgan fingerprint density at radius 2 is 1.74 bits per heavy atom. The number of halogens is 1. The van der Waals surface area contributed by atoms with Gasteiger partial charge < -0.3 is 25.2 Å². The fourth-order valence-electron chi connectivity index (χ4n) is 6.75. The zero-order valence-corrected chi connectivity index (χ0v) is 26.8. The maximum absolute atomic E-state index is 14.4. The standard InChI is InChI=1S/C33H45ClN4O4S/c1-23-10-8-16-29(30(23)34)42-33(41)37-17-18-38(28(22-37)31(39)35-21-26-15-9-19-43-26)32(40)27(20-24-11-4-2-5-12-24)36-25-13-6-3-7-14-25/h8-10,15-16,19,24-25,27-28,36H,2-7,11-14,17-18,20-22H2,1H3,(H,35,39)/t27-,28+/m1/s1. The molecule has 2 saturated carbocycles. The van der Waals surface area contributed by atoms with E-state index in [0.717, 1.165) is 42.5 Å². The van der Waals surface area contributed by atoms with Crippen LogP contribution >= 0.6 is 22.9 Å². The van der Waals surface area contributed by atoms with Gasteiger partial charge in [-0.25, -0.2) is 4.79 Å². The fraction of sp³-hybridized carbons (Fsp3) is 0.606. The van der Waals surface area contributed by atoms with Gasteiger partial charge in [0, 0.05) is 24.0 Å². The number of amides is 3. The number of carbonyl (C=O) groups excluding carboxylic acids is 3. The first-order valence-corrected chi connectivity index (χ1v) is 17.2. The highest BCUT2D eigenvalue weighted by atomic mass is 35.5. The Morgan fingerprint density at radius 3 is 2.47 bits per heavy atom. The second-order valence-electron chi connectivity index (χ2n) is 12.3. The van der Waals surface area contributed by atoms with Gasteiger partial charge in [0.25, 0.3) is 0 Å². The third-order valence-corrected chi connectivity index (χ3v) is 10.6. The van der Waals surface area contributed by atoms with Crippen LogP contribution < -0.4 is 15.4 Å². The summed E-state index contributed by atoms with van der Waals surface area (Å²) in [7, 11) is 0. The molecule has 234 valence electrons. The number of rotatable bonds is 9. The lowest BCUT2D eigenvalue weighted by atomic mass is 9.83. The number of ether oxygens (including phenoxy) is 1. The number of aryl methyl sites for hydroxylation is 1. The molecule has 10 heteroatoms. The molecule has 3 amide bonds. The van der Waals surface area contributed by atoms with Crippen molar-refractivity contribution in [2.75, 3.05) is 19.6 Å². The fourth-order valence-corrected chi connectivity index (χ4v) is 7.56. The topological polar surface area (TPSA) is 91.0 Å². The molecule has 1 saturated heterocycles. The molecule has 2 atom stereocenters. The number of hydrogen-bond donors (Lipinski definition) is 2. The van der Waals surface area contributed by atoms with Crippen LogP contribution in [0.5, 0.6) is 5.75 Å². The van der Waals surface area contributed by atoms with Gasteiger partial charge in [-0.15, -0.1) is 11.3 Å². The van der Waals surface area contributed by atoms with E-state index in [1.165, 1.54) is 43.4 Å². The van der Waals surface area contributed by atoms with Gasteiger partial charge in [-0.05, 0) is 55.2 Å². The summed E-state index contributed by atoms with van der Waals surface area (Å²) in [6, 6.07) is 8.39. The van der Waals surface area contributed by atoms with Gasteiger partial charge >= 0.3 is 6.09 Å². The minimum Gasteiger partial charge on any atom is -0.409 e. The molecule has 1 aromatic carbocycles. The van der Waals surface area contributed by atoms with E-state index < -0.39 is 12.1 Å². The Labute approximate surface area is 264 Å². The number of benzene rings is 1. The largest absolute Gasteiger partial charge is 0.415 e. The minimum absolute atomic E-state index is 0.0258. The molecule has 3 fully saturated rings. The molecule has 2 N–H and O–H groups in total. The van der Waals surface area contributed by atoms with Crippen molar-refractivity contribution in [2.45, 2.75) is 102 Å². The lowest BCUT2D eigenvalue weighted by Gasteiger charge is -2.42. The van der Waals surface area contributed by atoms with E-state index >= 15 is 0 Å². The first-order valence-electron chi connectivity index (χ1n) is 16.0. The van der Waals surface area contributed by atoms with Gasteiger partial charge in [0.15, 0.2) is 5.75 Å². The number of nitrogens with one attached hydrogen (secondary N) is 2. The van der Waals surface area contributed by atoms with E-state index in [4.69, 9.17) is 16.3 Å². The summed E-state index contributed by atoms with van der Waals surface area (Å²) in [5.41, 5.74) is 0.808. The molecule has 5 rings (SSSR count). The second-order valence-corrected chi connectivity index (χ2v) is 13.7. The van der Waals surface area contributed by atoms with Crippen molar-refractivity contribution in [2.24, 2.45) is 5.92 Å². The van der Waals surface area contributed by atoms with Crippen molar-refractivity contribution in [3.8, 4) is 5.75 Å². The van der Waals surface area contributed by atoms with E-state index in [9.17, 15) is 14.4 Å². The quantitative estimate of drug-likeness (QED) is 0.340. The van der Waals surface area contributed by atoms with Crippen molar-refractivity contribution < 1.29 is 19.1 Å². The monoisotopic (exact) mass is 628 g/mol. The number of thiophene rings is 1. The third kappa shape index (κ3) is 8.52. The Hall–Kier alpha value is -2.62. The third-order valence-electron chi connectivity index (χ3n) is 9.23. The van der Waals surface area contributed by atoms with Crippen LogP contribution in [0.25, 0.3) is 0 Å². The number of nitrogens with zero attached hydrogens (tertiary/aromatic N) is 2. The molecular weight excluding hydrogens is 584 g/mol. The number of carbonyl (C=O) groups is 3. The Morgan fingerprint density at radius 1 is 1.00 bits per heavy atom. The van der Waals surface area contributed by atoms with Gasteiger partial charge in [0.1, 0.15) is 6.04 Å². The molecule has 0 bridgehead atoms. The lowest BCUT2D eigenvalue weighted by Crippen LogP contribution is -2.64. The summed E-state index contributed by atoms with van der Waals surface area (Å²) in [5.74, 6) is 0.512. The molecule has 0 spiro atoms. The molecule has 3 aliphatic rings. The Kier molecular flexibility index (Phi) is 11.4. The van der Waals surface area contributed by atoms with Crippen molar-refractivity contribution >= 4 is 40.8 Å². The molecule has 1 aromatic heterocycles. The molecule has 2 aliphatic carbocycles. The van der Waals surface area contributed by atoms with E-state index in [2.05, 4.69) is 10.6 Å². The van der Waals surface area contributed by atoms with Crippen molar-refractivity contribution in [1.29, 1.82) is 0 Å². The second kappa shape index (κ2) is 15.4. The summed E-state index contributed by atoms with van der Waals surface area (Å²) in [5, 5.41) is 9.13.